The van der Waals surface area contributed by atoms with Crippen LogP contribution in [0.5, 0.6) is 0 Å². The minimum atomic E-state index is -0.809. The number of amides is 1. The van der Waals surface area contributed by atoms with Crippen LogP contribution in [0.1, 0.15) is 18.4 Å². The van der Waals surface area contributed by atoms with Crippen LogP contribution in [0.3, 0.4) is 0 Å². The molecule has 114 valence electrons. The molecule has 1 heterocycles. The van der Waals surface area contributed by atoms with Crippen LogP contribution in [0.4, 0.5) is 4.79 Å². The van der Waals surface area contributed by atoms with Crippen molar-refractivity contribution < 1.29 is 19.4 Å². The molecule has 1 amide bonds. The molecule has 0 bridgehead atoms. The number of halogens is 2. The maximum atomic E-state index is 11.9. The molecule has 0 aliphatic carbocycles. The Kier molecular flexibility index (Phi) is 5.31. The number of hydrogen-bond acceptors (Lipinski definition) is 3. The summed E-state index contributed by atoms with van der Waals surface area (Å²) in [6, 6.07) is 4.96. The molecule has 0 atom stereocenters. The Morgan fingerprint density at radius 1 is 1.19 bits per heavy atom. The highest BCUT2D eigenvalue weighted by Gasteiger charge is 2.27. The summed E-state index contributed by atoms with van der Waals surface area (Å²) >= 11 is 11.7. The van der Waals surface area contributed by atoms with E-state index in [2.05, 4.69) is 0 Å². The van der Waals surface area contributed by atoms with Crippen molar-refractivity contribution in [3.05, 3.63) is 33.8 Å². The molecule has 0 saturated carbocycles. The van der Waals surface area contributed by atoms with Crippen molar-refractivity contribution in [1.82, 2.24) is 4.90 Å². The number of ether oxygens (including phenoxy) is 1. The Balaban J connectivity index is 1.84. The van der Waals surface area contributed by atoms with E-state index in [-0.39, 0.29) is 12.5 Å². The molecule has 0 unspecified atom stereocenters. The Hall–Kier alpha value is -1.46. The van der Waals surface area contributed by atoms with Crippen molar-refractivity contribution >= 4 is 35.3 Å². The third kappa shape index (κ3) is 4.51. The van der Waals surface area contributed by atoms with E-state index in [9.17, 15) is 9.59 Å². The molecule has 1 fully saturated rings. The maximum absolute atomic E-state index is 11.9. The smallest absolute Gasteiger partial charge is 0.410 e. The van der Waals surface area contributed by atoms with Gasteiger partial charge >= 0.3 is 12.1 Å². The first kappa shape index (κ1) is 15.9. The first-order valence-corrected chi connectivity index (χ1v) is 7.31. The van der Waals surface area contributed by atoms with Crippen LogP contribution < -0.4 is 0 Å². The summed E-state index contributed by atoms with van der Waals surface area (Å²) in [6.07, 6.45) is 0.454. The Labute approximate surface area is 132 Å². The third-order valence-corrected chi connectivity index (χ3v) is 3.82. The average molecular weight is 332 g/mol. The van der Waals surface area contributed by atoms with Gasteiger partial charge in [0.15, 0.2) is 0 Å². The summed E-state index contributed by atoms with van der Waals surface area (Å²) < 4.78 is 5.20. The van der Waals surface area contributed by atoms with E-state index in [1.54, 1.807) is 18.2 Å². The van der Waals surface area contributed by atoms with Gasteiger partial charge in [-0.2, -0.15) is 0 Å². The highest BCUT2D eigenvalue weighted by atomic mass is 35.5. The summed E-state index contributed by atoms with van der Waals surface area (Å²) in [6.45, 7) is 0.871. The van der Waals surface area contributed by atoms with Crippen molar-refractivity contribution in [3.8, 4) is 0 Å². The second kappa shape index (κ2) is 7.00. The number of piperidine rings is 1. The molecule has 0 aromatic heterocycles. The zero-order chi connectivity index (χ0) is 15.4. The molecule has 0 spiro atoms. The van der Waals surface area contributed by atoms with Crippen molar-refractivity contribution in [3.63, 3.8) is 0 Å². The van der Waals surface area contributed by atoms with Gasteiger partial charge in [0.2, 0.25) is 0 Å². The molecule has 5 nitrogen and oxygen atoms in total. The molecule has 1 aliphatic heterocycles. The van der Waals surface area contributed by atoms with Gasteiger partial charge in [0.05, 0.1) is 5.92 Å². The number of benzene rings is 1. The predicted molar refractivity (Wildman–Crippen MR) is 78.6 cm³/mol. The fraction of sp³-hybridized carbons (Fsp3) is 0.429. The molecule has 2 rings (SSSR count). The number of likely N-dealkylation sites (tertiary alicyclic amines) is 1. The summed E-state index contributed by atoms with van der Waals surface area (Å²) in [4.78, 5) is 24.3. The minimum Gasteiger partial charge on any atom is -0.481 e. The topological polar surface area (TPSA) is 66.8 Å². The first-order chi connectivity index (χ1) is 9.95. The Morgan fingerprint density at radius 3 is 2.29 bits per heavy atom. The normalized spacial score (nSPS) is 15.8. The minimum absolute atomic E-state index is 0.0813. The molecular formula is C14H15Cl2NO4. The zero-order valence-corrected chi connectivity index (χ0v) is 12.7. The summed E-state index contributed by atoms with van der Waals surface area (Å²) in [5, 5.41) is 9.87. The Bertz CT molecular complexity index is 522. The number of hydrogen-bond donors (Lipinski definition) is 1. The fourth-order valence-corrected chi connectivity index (χ4v) is 2.81. The average Bonchev–Trinajstić information content (AvgIpc) is 2.44. The molecule has 7 heteroatoms. The standard InChI is InChI=1S/C14H15Cl2NO4/c15-11-5-9(6-12(16)7-11)8-21-14(20)17-3-1-10(2-4-17)13(18)19/h5-7,10H,1-4,8H2,(H,18,19). The van der Waals surface area contributed by atoms with Gasteiger partial charge in [-0.1, -0.05) is 23.2 Å². The number of carboxylic acids is 1. The number of carbonyl (C=O) groups excluding carboxylic acids is 1. The summed E-state index contributed by atoms with van der Waals surface area (Å²) in [5.74, 6) is -1.18. The number of carboxylic acid groups (broad SMARTS) is 1. The second-order valence-electron chi connectivity index (χ2n) is 4.93. The fourth-order valence-electron chi connectivity index (χ4n) is 2.24. The molecule has 0 radical (unpaired) electrons. The van der Waals surface area contributed by atoms with Gasteiger partial charge in [0.1, 0.15) is 6.61 Å². The van der Waals surface area contributed by atoms with Gasteiger partial charge < -0.3 is 14.7 Å². The quantitative estimate of drug-likeness (QED) is 0.921. The highest BCUT2D eigenvalue weighted by molar-refractivity contribution is 6.34. The van der Waals surface area contributed by atoms with E-state index in [0.29, 0.717) is 41.5 Å². The van der Waals surface area contributed by atoms with Crippen LogP contribution in [-0.2, 0) is 16.1 Å². The van der Waals surface area contributed by atoms with Gasteiger partial charge in [0, 0.05) is 23.1 Å². The summed E-state index contributed by atoms with van der Waals surface area (Å²) in [5.41, 5.74) is 0.710. The third-order valence-electron chi connectivity index (χ3n) is 3.39. The predicted octanol–water partition coefficient (Wildman–Crippen LogP) is 3.43. The number of carbonyl (C=O) groups is 2. The maximum Gasteiger partial charge on any atom is 0.410 e. The van der Waals surface area contributed by atoms with Gasteiger partial charge in [0.25, 0.3) is 0 Å². The van der Waals surface area contributed by atoms with Crippen LogP contribution in [-0.4, -0.2) is 35.2 Å². The van der Waals surface area contributed by atoms with Crippen LogP contribution in [0.15, 0.2) is 18.2 Å². The van der Waals surface area contributed by atoms with E-state index in [0.717, 1.165) is 0 Å². The lowest BCUT2D eigenvalue weighted by Crippen LogP contribution is -2.40. The lowest BCUT2D eigenvalue weighted by Gasteiger charge is -2.29. The largest absolute Gasteiger partial charge is 0.481 e. The molecular weight excluding hydrogens is 317 g/mol. The highest BCUT2D eigenvalue weighted by Crippen LogP contribution is 2.21. The van der Waals surface area contributed by atoms with E-state index >= 15 is 0 Å². The SMILES string of the molecule is O=C(O)C1CCN(C(=O)OCc2cc(Cl)cc(Cl)c2)CC1. The number of aliphatic carboxylic acids is 1. The monoisotopic (exact) mass is 331 g/mol. The molecule has 21 heavy (non-hydrogen) atoms. The lowest BCUT2D eigenvalue weighted by molar-refractivity contribution is -0.143. The molecule has 1 N–H and O–H groups in total. The van der Waals surface area contributed by atoms with E-state index in [1.807, 2.05) is 0 Å². The van der Waals surface area contributed by atoms with Crippen molar-refractivity contribution in [2.45, 2.75) is 19.4 Å². The number of rotatable bonds is 3. The van der Waals surface area contributed by atoms with E-state index < -0.39 is 12.1 Å². The van der Waals surface area contributed by atoms with Gasteiger partial charge in [-0.05, 0) is 36.6 Å². The van der Waals surface area contributed by atoms with Crippen molar-refractivity contribution in [2.24, 2.45) is 5.92 Å². The molecule has 1 saturated heterocycles. The van der Waals surface area contributed by atoms with Gasteiger partial charge in [-0.25, -0.2) is 4.79 Å². The zero-order valence-electron chi connectivity index (χ0n) is 11.2. The molecule has 1 aromatic rings. The van der Waals surface area contributed by atoms with Crippen LogP contribution >= 0.6 is 23.2 Å². The van der Waals surface area contributed by atoms with Crippen LogP contribution in [0.25, 0.3) is 0 Å². The van der Waals surface area contributed by atoms with Crippen LogP contribution in [0.2, 0.25) is 10.0 Å². The lowest BCUT2D eigenvalue weighted by atomic mass is 9.97. The van der Waals surface area contributed by atoms with E-state index in [4.69, 9.17) is 33.0 Å². The first-order valence-electron chi connectivity index (χ1n) is 6.55. The van der Waals surface area contributed by atoms with Crippen LogP contribution in [0, 0.1) is 5.92 Å². The molecule has 1 aliphatic rings. The summed E-state index contributed by atoms with van der Waals surface area (Å²) in [7, 11) is 0. The van der Waals surface area contributed by atoms with Gasteiger partial charge in [-0.3, -0.25) is 4.79 Å². The van der Waals surface area contributed by atoms with Crippen molar-refractivity contribution in [1.29, 1.82) is 0 Å². The van der Waals surface area contributed by atoms with Gasteiger partial charge in [-0.15, -0.1) is 0 Å². The molecule has 1 aromatic carbocycles. The number of nitrogens with zero attached hydrogens (tertiary/aromatic N) is 1. The van der Waals surface area contributed by atoms with E-state index in [1.165, 1.54) is 4.90 Å². The Morgan fingerprint density at radius 2 is 1.76 bits per heavy atom. The van der Waals surface area contributed by atoms with Crippen molar-refractivity contribution in [2.75, 3.05) is 13.1 Å². The second-order valence-corrected chi connectivity index (χ2v) is 5.80.